The predicted octanol–water partition coefficient (Wildman–Crippen LogP) is 3.48. The monoisotopic (exact) mass is 365 g/mol. The quantitative estimate of drug-likeness (QED) is 0.843. The minimum absolute atomic E-state index is 0.179. The second kappa shape index (κ2) is 5.70. The molecule has 1 aromatic carbocycles. The molecule has 1 saturated carbocycles. The molecule has 5 heteroatoms. The number of halogens is 1. The standard InChI is InChI=1S/C17H20BrNO3/c1-10-3-4-13(18)12(9-10)14-15(20)17(19-16(14)21)7-5-11(22-2)6-8-17/h3-4,9,11,20H,5-8H2,1-2H3,(H,19,21). The summed E-state index contributed by atoms with van der Waals surface area (Å²) in [5.41, 5.74) is 1.58. The van der Waals surface area contributed by atoms with E-state index in [1.807, 2.05) is 25.1 Å². The van der Waals surface area contributed by atoms with Crippen LogP contribution in [0.1, 0.15) is 36.8 Å². The molecule has 1 spiro atoms. The minimum Gasteiger partial charge on any atom is -0.509 e. The molecular weight excluding hydrogens is 346 g/mol. The molecule has 0 atom stereocenters. The van der Waals surface area contributed by atoms with Crippen LogP contribution in [0.4, 0.5) is 0 Å². The van der Waals surface area contributed by atoms with E-state index in [0.717, 1.165) is 28.4 Å². The van der Waals surface area contributed by atoms with E-state index < -0.39 is 5.54 Å². The summed E-state index contributed by atoms with van der Waals surface area (Å²) >= 11 is 3.48. The third kappa shape index (κ3) is 2.46. The van der Waals surface area contributed by atoms with Crippen molar-refractivity contribution in [1.29, 1.82) is 0 Å². The van der Waals surface area contributed by atoms with Crippen LogP contribution in [0.5, 0.6) is 0 Å². The third-order valence-electron chi connectivity index (χ3n) is 4.78. The number of hydrogen-bond acceptors (Lipinski definition) is 3. The number of nitrogens with one attached hydrogen (secondary N) is 1. The molecule has 0 radical (unpaired) electrons. The molecule has 22 heavy (non-hydrogen) atoms. The van der Waals surface area contributed by atoms with Crippen molar-refractivity contribution in [3.8, 4) is 0 Å². The van der Waals surface area contributed by atoms with Gasteiger partial charge in [0.2, 0.25) is 0 Å². The van der Waals surface area contributed by atoms with Crippen molar-refractivity contribution in [2.45, 2.75) is 44.2 Å². The van der Waals surface area contributed by atoms with Crippen molar-refractivity contribution in [3.63, 3.8) is 0 Å². The Morgan fingerprint density at radius 1 is 1.36 bits per heavy atom. The molecule has 1 aliphatic heterocycles. The lowest BCUT2D eigenvalue weighted by Gasteiger charge is -2.36. The van der Waals surface area contributed by atoms with E-state index in [1.165, 1.54) is 0 Å². The lowest BCUT2D eigenvalue weighted by atomic mass is 9.79. The van der Waals surface area contributed by atoms with Crippen LogP contribution in [0, 0.1) is 6.92 Å². The first-order valence-electron chi connectivity index (χ1n) is 7.52. The van der Waals surface area contributed by atoms with Gasteiger partial charge in [-0.05, 0) is 44.7 Å². The zero-order chi connectivity index (χ0) is 15.9. The first-order chi connectivity index (χ1) is 10.5. The average molecular weight is 366 g/mol. The number of rotatable bonds is 2. The van der Waals surface area contributed by atoms with Crippen LogP contribution in [-0.4, -0.2) is 29.8 Å². The van der Waals surface area contributed by atoms with Gasteiger partial charge in [0.25, 0.3) is 5.91 Å². The Bertz CT molecular complexity index is 645. The number of aliphatic hydroxyl groups is 1. The molecular formula is C17H20BrNO3. The van der Waals surface area contributed by atoms with Gasteiger partial charge < -0.3 is 15.2 Å². The highest BCUT2D eigenvalue weighted by molar-refractivity contribution is 9.10. The van der Waals surface area contributed by atoms with Gasteiger partial charge in [-0.1, -0.05) is 27.6 Å². The van der Waals surface area contributed by atoms with Gasteiger partial charge in [0.1, 0.15) is 5.76 Å². The van der Waals surface area contributed by atoms with Crippen LogP contribution in [0.15, 0.2) is 28.4 Å². The number of carbonyl (C=O) groups excluding carboxylic acids is 1. The van der Waals surface area contributed by atoms with E-state index in [1.54, 1.807) is 7.11 Å². The van der Waals surface area contributed by atoms with Gasteiger partial charge in [0.15, 0.2) is 0 Å². The van der Waals surface area contributed by atoms with Crippen LogP contribution in [0.3, 0.4) is 0 Å². The molecule has 1 heterocycles. The van der Waals surface area contributed by atoms with Crippen LogP contribution in [-0.2, 0) is 9.53 Å². The number of methoxy groups -OCH3 is 1. The fraction of sp³-hybridized carbons (Fsp3) is 0.471. The number of carbonyl (C=O) groups is 1. The third-order valence-corrected chi connectivity index (χ3v) is 5.47. The van der Waals surface area contributed by atoms with E-state index in [9.17, 15) is 9.90 Å². The first kappa shape index (κ1) is 15.6. The molecule has 0 bridgehead atoms. The molecule has 2 aliphatic rings. The minimum atomic E-state index is -0.620. The lowest BCUT2D eigenvalue weighted by molar-refractivity contribution is -0.116. The van der Waals surface area contributed by atoms with Crippen LogP contribution < -0.4 is 5.32 Å². The van der Waals surface area contributed by atoms with Crippen molar-refractivity contribution in [2.24, 2.45) is 0 Å². The Kier molecular flexibility index (Phi) is 4.03. The molecule has 0 unspecified atom stereocenters. The summed E-state index contributed by atoms with van der Waals surface area (Å²) in [5, 5.41) is 13.8. The highest BCUT2D eigenvalue weighted by Gasteiger charge is 2.48. The first-order valence-corrected chi connectivity index (χ1v) is 8.32. The van der Waals surface area contributed by atoms with Gasteiger partial charge in [-0.3, -0.25) is 4.79 Å². The van der Waals surface area contributed by atoms with Gasteiger partial charge in [-0.2, -0.15) is 0 Å². The Labute approximate surface area is 138 Å². The molecule has 4 nitrogen and oxygen atoms in total. The van der Waals surface area contributed by atoms with Gasteiger partial charge in [0, 0.05) is 17.1 Å². The average Bonchev–Trinajstić information content (AvgIpc) is 2.74. The highest BCUT2D eigenvalue weighted by Crippen LogP contribution is 2.43. The second-order valence-corrected chi connectivity index (χ2v) is 7.03. The molecule has 2 N–H and O–H groups in total. The zero-order valence-electron chi connectivity index (χ0n) is 12.8. The van der Waals surface area contributed by atoms with E-state index in [-0.39, 0.29) is 17.8 Å². The Morgan fingerprint density at radius 3 is 2.68 bits per heavy atom. The lowest BCUT2D eigenvalue weighted by Crippen LogP contribution is -2.48. The summed E-state index contributed by atoms with van der Waals surface area (Å²) in [7, 11) is 1.71. The van der Waals surface area contributed by atoms with Crippen molar-refractivity contribution in [3.05, 3.63) is 39.6 Å². The van der Waals surface area contributed by atoms with Crippen molar-refractivity contribution in [1.82, 2.24) is 5.32 Å². The van der Waals surface area contributed by atoms with Crippen molar-refractivity contribution >= 4 is 27.4 Å². The fourth-order valence-corrected chi connectivity index (χ4v) is 3.89. The topological polar surface area (TPSA) is 58.6 Å². The Morgan fingerprint density at radius 2 is 2.05 bits per heavy atom. The van der Waals surface area contributed by atoms with Crippen molar-refractivity contribution in [2.75, 3.05) is 7.11 Å². The highest BCUT2D eigenvalue weighted by atomic mass is 79.9. The second-order valence-electron chi connectivity index (χ2n) is 6.18. The number of benzene rings is 1. The van der Waals surface area contributed by atoms with Crippen LogP contribution in [0.25, 0.3) is 5.57 Å². The number of ether oxygens (including phenoxy) is 1. The normalized spacial score (nSPS) is 28.3. The van der Waals surface area contributed by atoms with Crippen molar-refractivity contribution < 1.29 is 14.6 Å². The summed E-state index contributed by atoms with van der Waals surface area (Å²) in [4.78, 5) is 12.5. The van der Waals surface area contributed by atoms with Crippen LogP contribution >= 0.6 is 15.9 Å². The summed E-state index contributed by atoms with van der Waals surface area (Å²) in [6.07, 6.45) is 3.29. The van der Waals surface area contributed by atoms with E-state index in [2.05, 4.69) is 21.2 Å². The molecule has 1 amide bonds. The maximum Gasteiger partial charge on any atom is 0.256 e. The molecule has 3 rings (SSSR count). The van der Waals surface area contributed by atoms with Gasteiger partial charge >= 0.3 is 0 Å². The zero-order valence-corrected chi connectivity index (χ0v) is 14.4. The molecule has 0 aromatic heterocycles. The number of hydrogen-bond donors (Lipinski definition) is 2. The maximum absolute atomic E-state index is 12.5. The summed E-state index contributed by atoms with van der Waals surface area (Å²) < 4.78 is 6.20. The van der Waals surface area contributed by atoms with Gasteiger partial charge in [-0.15, -0.1) is 0 Å². The smallest absolute Gasteiger partial charge is 0.256 e. The van der Waals surface area contributed by atoms with Crippen LogP contribution in [0.2, 0.25) is 0 Å². The Balaban J connectivity index is 2.00. The summed E-state index contributed by atoms with van der Waals surface area (Å²) in [6.45, 7) is 1.97. The van der Waals surface area contributed by atoms with Gasteiger partial charge in [-0.25, -0.2) is 0 Å². The number of aryl methyl sites for hydroxylation is 1. The fourth-order valence-electron chi connectivity index (χ4n) is 3.45. The molecule has 0 saturated heterocycles. The Hall–Kier alpha value is -1.33. The largest absolute Gasteiger partial charge is 0.509 e. The number of aliphatic hydroxyl groups excluding tert-OH is 1. The van der Waals surface area contributed by atoms with E-state index in [0.29, 0.717) is 18.4 Å². The number of amides is 1. The summed E-state index contributed by atoms with van der Waals surface area (Å²) in [5.74, 6) is -0.0157. The predicted molar refractivity (Wildman–Crippen MR) is 88.6 cm³/mol. The molecule has 1 aliphatic carbocycles. The van der Waals surface area contributed by atoms with E-state index in [4.69, 9.17) is 4.74 Å². The molecule has 118 valence electrons. The summed E-state index contributed by atoms with van der Waals surface area (Å²) in [6, 6.07) is 5.80. The molecule has 1 aromatic rings. The van der Waals surface area contributed by atoms with Gasteiger partial charge in [0.05, 0.1) is 17.2 Å². The SMILES string of the molecule is COC1CCC2(CC1)NC(=O)C(c1cc(C)ccc1Br)=C2O. The maximum atomic E-state index is 12.5. The molecule has 1 fully saturated rings. The van der Waals surface area contributed by atoms with E-state index >= 15 is 0 Å².